The fourth-order valence-corrected chi connectivity index (χ4v) is 7.06. The van der Waals surface area contributed by atoms with E-state index in [4.69, 9.17) is 33.1 Å². The van der Waals surface area contributed by atoms with Gasteiger partial charge in [0.05, 0.1) is 45.8 Å². The molecule has 0 aliphatic rings. The van der Waals surface area contributed by atoms with Crippen molar-refractivity contribution in [3.05, 3.63) is 145 Å². The number of aliphatic hydroxyl groups excluding tert-OH is 3. The molecule has 0 aliphatic carbocycles. The molecular formula is C56H61N13O7. The molecule has 0 bridgehead atoms. The van der Waals surface area contributed by atoms with Gasteiger partial charge in [-0.05, 0) is 85.3 Å². The van der Waals surface area contributed by atoms with Crippen molar-refractivity contribution in [2.45, 2.75) is 59.9 Å². The van der Waals surface area contributed by atoms with Gasteiger partial charge in [-0.1, -0.05) is 76.2 Å². The highest BCUT2D eigenvalue weighted by atomic mass is 16.4. The predicted molar refractivity (Wildman–Crippen MR) is 293 cm³/mol. The number of pyridine rings is 3. The number of anilines is 3. The number of Topliss-reactive ketones (excluding diaryl/α,β-unsaturated/α-hetero) is 2. The van der Waals surface area contributed by atoms with Crippen molar-refractivity contribution in [1.29, 1.82) is 0 Å². The van der Waals surface area contributed by atoms with E-state index >= 15 is 0 Å². The van der Waals surface area contributed by atoms with E-state index in [1.54, 1.807) is 56.3 Å². The molecule has 0 radical (unpaired) electrons. The van der Waals surface area contributed by atoms with Crippen LogP contribution in [-0.4, -0.2) is 108 Å². The number of carbonyl (C=O) groups is 3. The summed E-state index contributed by atoms with van der Waals surface area (Å²) >= 11 is 0. The summed E-state index contributed by atoms with van der Waals surface area (Å²) in [4.78, 5) is 73.6. The van der Waals surface area contributed by atoms with Crippen LogP contribution in [0.15, 0.2) is 128 Å². The first-order chi connectivity index (χ1) is 36.0. The number of aromatic carboxylic acids is 1. The molecule has 0 fully saturated rings. The zero-order chi connectivity index (χ0) is 55.4. The van der Waals surface area contributed by atoms with Gasteiger partial charge < -0.3 is 43.4 Å². The summed E-state index contributed by atoms with van der Waals surface area (Å²) in [6.07, 6.45) is 4.74. The van der Waals surface area contributed by atoms with Crippen LogP contribution in [0.25, 0.3) is 66.9 Å². The van der Waals surface area contributed by atoms with Gasteiger partial charge in [0.1, 0.15) is 35.5 Å². The summed E-state index contributed by atoms with van der Waals surface area (Å²) in [7, 11) is 0. The molecule has 0 atom stereocenters. The highest BCUT2D eigenvalue weighted by Crippen LogP contribution is 2.29. The molecule has 0 unspecified atom stereocenters. The van der Waals surface area contributed by atoms with Crippen LogP contribution in [0, 0.1) is 10.8 Å². The Morgan fingerprint density at radius 1 is 0.447 bits per heavy atom. The summed E-state index contributed by atoms with van der Waals surface area (Å²) in [6, 6.07) is 32.1. The van der Waals surface area contributed by atoms with E-state index in [-0.39, 0.29) is 49.8 Å². The van der Waals surface area contributed by atoms with Crippen molar-refractivity contribution in [1.82, 2.24) is 44.9 Å². The molecule has 9 aromatic rings. The third kappa shape index (κ3) is 15.1. The van der Waals surface area contributed by atoms with Gasteiger partial charge in [0.2, 0.25) is 0 Å². The third-order valence-corrected chi connectivity index (χ3v) is 11.4. The van der Waals surface area contributed by atoms with Crippen molar-refractivity contribution in [2.75, 3.05) is 37.0 Å². The van der Waals surface area contributed by atoms with Crippen molar-refractivity contribution in [2.24, 2.45) is 16.6 Å². The van der Waals surface area contributed by atoms with Crippen LogP contribution in [0.5, 0.6) is 0 Å². The number of carboxylic acid groups (broad SMARTS) is 1. The maximum absolute atomic E-state index is 12.5. The number of benzene rings is 3. The second kappa shape index (κ2) is 24.5. The first kappa shape index (κ1) is 56.5. The van der Waals surface area contributed by atoms with Crippen molar-refractivity contribution in [3.8, 4) is 33.8 Å². The summed E-state index contributed by atoms with van der Waals surface area (Å²) in [6.45, 7) is 11.0. The van der Waals surface area contributed by atoms with E-state index in [1.807, 2.05) is 88.4 Å². The maximum Gasteiger partial charge on any atom is 0.335 e. The Balaban J connectivity index is 0.000000176. The maximum atomic E-state index is 12.5. The van der Waals surface area contributed by atoms with Gasteiger partial charge in [0, 0.05) is 59.4 Å². The lowest BCUT2D eigenvalue weighted by atomic mass is 9.86. The summed E-state index contributed by atoms with van der Waals surface area (Å²) < 4.78 is 0. The Labute approximate surface area is 438 Å². The molecule has 12 N–H and O–H groups in total. The number of hydrogen-bond acceptors (Lipinski definition) is 19. The summed E-state index contributed by atoms with van der Waals surface area (Å²) in [5.74, 6) is -0.0525. The zero-order valence-electron chi connectivity index (χ0n) is 43.0. The predicted octanol–water partition coefficient (Wildman–Crippen LogP) is 7.42. The number of rotatable bonds is 13. The first-order valence-corrected chi connectivity index (χ1v) is 23.8. The number of carbonyl (C=O) groups excluding carboxylic acids is 2. The van der Waals surface area contributed by atoms with Gasteiger partial charge in [-0.3, -0.25) is 9.59 Å². The Morgan fingerprint density at radius 3 is 1.04 bits per heavy atom. The van der Waals surface area contributed by atoms with E-state index in [2.05, 4.69) is 44.9 Å². The van der Waals surface area contributed by atoms with E-state index in [1.165, 1.54) is 25.0 Å². The number of aromatic nitrogens is 9. The van der Waals surface area contributed by atoms with Crippen LogP contribution in [0.1, 0.15) is 85.5 Å². The fraction of sp³-hybridized carbons (Fsp3) is 0.250. The van der Waals surface area contributed by atoms with Gasteiger partial charge in [-0.15, -0.1) is 0 Å². The highest BCUT2D eigenvalue weighted by molar-refractivity contribution is 5.99. The van der Waals surface area contributed by atoms with Crippen molar-refractivity contribution >= 4 is 68.1 Å². The van der Waals surface area contributed by atoms with Crippen LogP contribution < -0.4 is 22.9 Å². The monoisotopic (exact) mass is 1030 g/mol. The lowest BCUT2D eigenvalue weighted by molar-refractivity contribution is 0.0696. The van der Waals surface area contributed by atoms with Crippen molar-refractivity contribution < 1.29 is 34.8 Å². The standard InChI is InChI=1S/2C19H20N4O2.C14H10N4O2.C4H11NO/c2*1-19(2,10-24)9-16(25)13-5-3-4-12(8-13)14-6-7-15-17(23-14)18(20)22-11-21-15;15-13-12-11(16-7-17-13)5-4-10(18-12)8-2-1-3-9(6-8)14(19)20;1-4(2,5)3-6/h2*3-8,11,24H,9-10H2,1-2H3,(H2,20,21,22);1-7H,(H,19,20)(H2,15,16,17);6H,3,5H2,1-2H3. The molecule has 0 amide bonds. The Morgan fingerprint density at radius 2 is 0.750 bits per heavy atom. The number of ketones is 2. The molecule has 0 saturated carbocycles. The van der Waals surface area contributed by atoms with Crippen LogP contribution in [0.3, 0.4) is 0 Å². The van der Waals surface area contributed by atoms with Crippen molar-refractivity contribution in [3.63, 3.8) is 0 Å². The highest BCUT2D eigenvalue weighted by Gasteiger charge is 2.24. The first-order valence-electron chi connectivity index (χ1n) is 23.8. The molecular weight excluding hydrogens is 967 g/mol. The SMILES string of the molecule is CC(C)(CO)CC(=O)c1cccc(-c2ccc3ncnc(N)c3n2)c1.CC(C)(CO)CC(=O)c1cccc(-c2ccc3ncnc(N)c3n2)c1.CC(C)(N)CO.Nc1ncnc2ccc(-c3cccc(C(=O)O)c3)nc12. The van der Waals surface area contributed by atoms with E-state index in [9.17, 15) is 24.6 Å². The molecule has 3 aromatic carbocycles. The van der Waals surface area contributed by atoms with Crippen LogP contribution in [0.4, 0.5) is 17.5 Å². The normalized spacial score (nSPS) is 11.4. The fourth-order valence-electron chi connectivity index (χ4n) is 7.06. The van der Waals surface area contributed by atoms with Gasteiger partial charge in [0.15, 0.2) is 29.0 Å². The molecule has 0 saturated heterocycles. The van der Waals surface area contributed by atoms with E-state index < -0.39 is 22.3 Å². The number of hydrogen-bond donors (Lipinski definition) is 8. The summed E-state index contributed by atoms with van der Waals surface area (Å²) in [5, 5.41) is 36.0. The molecule has 9 rings (SSSR count). The molecule has 0 aliphatic heterocycles. The molecule has 6 aromatic heterocycles. The Kier molecular flexibility index (Phi) is 18.2. The average molecular weight is 1030 g/mol. The number of nitrogens with two attached hydrogens (primary N) is 4. The zero-order valence-corrected chi connectivity index (χ0v) is 43.0. The average Bonchev–Trinajstić information content (AvgIpc) is 3.41. The topological polar surface area (TPSA) is 352 Å². The number of aliphatic hydroxyl groups is 3. The van der Waals surface area contributed by atoms with Gasteiger partial charge in [0.25, 0.3) is 0 Å². The summed E-state index contributed by atoms with van der Waals surface area (Å²) in [5.41, 5.74) is 30.9. The van der Waals surface area contributed by atoms with Crippen LogP contribution >= 0.6 is 0 Å². The van der Waals surface area contributed by atoms with Gasteiger partial charge >= 0.3 is 5.97 Å². The molecule has 76 heavy (non-hydrogen) atoms. The minimum absolute atomic E-state index is 0.00969. The molecule has 20 heteroatoms. The molecule has 6 heterocycles. The van der Waals surface area contributed by atoms with Gasteiger partial charge in [-0.25, -0.2) is 49.7 Å². The Bertz CT molecular complexity index is 3380. The third-order valence-electron chi connectivity index (χ3n) is 11.4. The lowest BCUT2D eigenvalue weighted by Gasteiger charge is -2.20. The second-order valence-electron chi connectivity index (χ2n) is 20.0. The van der Waals surface area contributed by atoms with Crippen LogP contribution in [-0.2, 0) is 0 Å². The van der Waals surface area contributed by atoms with Gasteiger partial charge in [-0.2, -0.15) is 0 Å². The lowest BCUT2D eigenvalue weighted by Crippen LogP contribution is -2.35. The van der Waals surface area contributed by atoms with Crippen LogP contribution in [0.2, 0.25) is 0 Å². The number of carboxylic acids is 1. The number of nitrogens with zero attached hydrogens (tertiary/aromatic N) is 9. The largest absolute Gasteiger partial charge is 0.478 e. The minimum Gasteiger partial charge on any atom is -0.478 e. The second-order valence-corrected chi connectivity index (χ2v) is 20.0. The molecule has 20 nitrogen and oxygen atoms in total. The number of nitrogen functional groups attached to an aromatic ring is 3. The molecule has 0 spiro atoms. The Hall–Kier alpha value is -8.82. The number of fused-ring (bicyclic) bond motifs is 3. The smallest absolute Gasteiger partial charge is 0.335 e. The van der Waals surface area contributed by atoms with E-state index in [0.717, 1.165) is 11.1 Å². The minimum atomic E-state index is -0.976. The van der Waals surface area contributed by atoms with E-state index in [0.29, 0.717) is 84.3 Å². The molecule has 392 valence electrons. The quantitative estimate of drug-likeness (QED) is 0.0521.